The second-order valence-electron chi connectivity index (χ2n) is 5.15. The molecule has 3 rings (SSSR count). The summed E-state index contributed by atoms with van der Waals surface area (Å²) in [5.74, 6) is -0.505. The Morgan fingerprint density at radius 2 is 2.11 bits per heavy atom. The number of carbonyl (C=O) groups is 2. The molecule has 3 atom stereocenters. The Hall–Kier alpha value is -1.84. The minimum absolute atomic E-state index is 0.0184. The van der Waals surface area contributed by atoms with Crippen LogP contribution >= 0.6 is 0 Å². The zero-order chi connectivity index (χ0) is 12.9. The van der Waals surface area contributed by atoms with Gasteiger partial charge in [0.2, 0.25) is 5.91 Å². The van der Waals surface area contributed by atoms with Crippen LogP contribution in [0.4, 0.5) is 5.69 Å². The predicted octanol–water partition coefficient (Wildman–Crippen LogP) is 2.19. The summed E-state index contributed by atoms with van der Waals surface area (Å²) in [5.41, 5.74) is 2.71. The average molecular weight is 245 g/mol. The van der Waals surface area contributed by atoms with Gasteiger partial charge in [0.25, 0.3) is 0 Å². The van der Waals surface area contributed by atoms with E-state index in [9.17, 15) is 9.59 Å². The van der Waals surface area contributed by atoms with Crippen molar-refractivity contribution in [2.45, 2.75) is 26.4 Å². The van der Waals surface area contributed by atoms with Gasteiger partial charge < -0.3 is 10.1 Å². The molecule has 0 saturated carbocycles. The number of anilines is 1. The molecule has 1 amide bonds. The van der Waals surface area contributed by atoms with Gasteiger partial charge in [0.05, 0.1) is 11.6 Å². The van der Waals surface area contributed by atoms with Crippen LogP contribution in [0.1, 0.15) is 30.6 Å². The molecule has 0 bridgehead atoms. The zero-order valence-electron chi connectivity index (χ0n) is 10.4. The summed E-state index contributed by atoms with van der Waals surface area (Å²) in [4.78, 5) is 23.7. The van der Waals surface area contributed by atoms with Crippen molar-refractivity contribution in [2.75, 3.05) is 5.32 Å². The van der Waals surface area contributed by atoms with Gasteiger partial charge in [0.15, 0.2) is 0 Å². The van der Waals surface area contributed by atoms with Crippen LogP contribution in [0.3, 0.4) is 0 Å². The zero-order valence-corrected chi connectivity index (χ0v) is 10.4. The SMILES string of the molecule is Cc1cccc2c1NC(=O)[C@H]1[C@@H]2OC(=O)C[C@@H]1C. The second kappa shape index (κ2) is 3.83. The lowest BCUT2D eigenvalue weighted by Gasteiger charge is -2.39. The molecule has 2 aliphatic heterocycles. The van der Waals surface area contributed by atoms with E-state index in [-0.39, 0.29) is 23.7 Å². The largest absolute Gasteiger partial charge is 0.457 e. The smallest absolute Gasteiger partial charge is 0.306 e. The lowest BCUT2D eigenvalue weighted by Crippen LogP contribution is -2.43. The number of fused-ring (bicyclic) bond motifs is 3. The summed E-state index contributed by atoms with van der Waals surface area (Å²) in [7, 11) is 0. The molecule has 0 spiro atoms. The highest BCUT2D eigenvalue weighted by atomic mass is 16.5. The maximum absolute atomic E-state index is 12.2. The van der Waals surface area contributed by atoms with E-state index >= 15 is 0 Å². The van der Waals surface area contributed by atoms with Crippen molar-refractivity contribution in [3.8, 4) is 0 Å². The van der Waals surface area contributed by atoms with Gasteiger partial charge in [-0.25, -0.2) is 0 Å². The monoisotopic (exact) mass is 245 g/mol. The van der Waals surface area contributed by atoms with Gasteiger partial charge in [-0.2, -0.15) is 0 Å². The van der Waals surface area contributed by atoms with Crippen LogP contribution in [0.25, 0.3) is 0 Å². The third-order valence-electron chi connectivity index (χ3n) is 3.85. The van der Waals surface area contributed by atoms with Crippen molar-refractivity contribution in [3.05, 3.63) is 29.3 Å². The van der Waals surface area contributed by atoms with E-state index < -0.39 is 6.10 Å². The van der Waals surface area contributed by atoms with E-state index in [0.717, 1.165) is 16.8 Å². The summed E-state index contributed by atoms with van der Waals surface area (Å²) in [6.45, 7) is 3.87. The maximum Gasteiger partial charge on any atom is 0.306 e. The Morgan fingerprint density at radius 3 is 2.89 bits per heavy atom. The second-order valence-corrected chi connectivity index (χ2v) is 5.15. The fraction of sp³-hybridized carbons (Fsp3) is 0.429. The highest BCUT2D eigenvalue weighted by Crippen LogP contribution is 2.45. The molecule has 94 valence electrons. The number of aryl methyl sites for hydroxylation is 1. The molecular weight excluding hydrogens is 230 g/mol. The standard InChI is InChI=1S/C14H15NO3/c1-7-4-3-5-9-12(7)15-14(17)11-8(2)6-10(16)18-13(9)11/h3-5,8,11,13H,6H2,1-2H3,(H,15,17)/t8-,11+,13+/m0/s1. The first kappa shape index (κ1) is 11.3. The van der Waals surface area contributed by atoms with E-state index in [4.69, 9.17) is 4.74 Å². The Morgan fingerprint density at radius 1 is 1.33 bits per heavy atom. The Bertz CT molecular complexity index is 538. The van der Waals surface area contributed by atoms with Crippen LogP contribution in [-0.2, 0) is 14.3 Å². The average Bonchev–Trinajstić information content (AvgIpc) is 2.30. The van der Waals surface area contributed by atoms with Gasteiger partial charge in [-0.15, -0.1) is 0 Å². The molecule has 0 aromatic heterocycles. The molecular formula is C14H15NO3. The molecule has 4 nitrogen and oxygen atoms in total. The molecule has 1 aromatic rings. The number of benzene rings is 1. The molecule has 2 aliphatic rings. The number of nitrogens with one attached hydrogen (secondary N) is 1. The molecule has 0 aliphatic carbocycles. The van der Waals surface area contributed by atoms with Crippen molar-refractivity contribution < 1.29 is 14.3 Å². The number of ether oxygens (including phenoxy) is 1. The van der Waals surface area contributed by atoms with Crippen LogP contribution < -0.4 is 5.32 Å². The molecule has 1 N–H and O–H groups in total. The number of amides is 1. The topological polar surface area (TPSA) is 55.4 Å². The quantitative estimate of drug-likeness (QED) is 0.713. The van der Waals surface area contributed by atoms with Crippen molar-refractivity contribution >= 4 is 17.6 Å². The summed E-state index contributed by atoms with van der Waals surface area (Å²) in [6, 6.07) is 5.79. The maximum atomic E-state index is 12.2. The predicted molar refractivity (Wildman–Crippen MR) is 65.9 cm³/mol. The van der Waals surface area contributed by atoms with Gasteiger partial charge in [-0.3, -0.25) is 9.59 Å². The third kappa shape index (κ3) is 1.52. The van der Waals surface area contributed by atoms with Crippen LogP contribution in [0.2, 0.25) is 0 Å². The molecule has 1 fully saturated rings. The minimum atomic E-state index is -0.426. The van der Waals surface area contributed by atoms with E-state index in [1.54, 1.807) is 0 Å². The molecule has 2 heterocycles. The summed E-state index contributed by atoms with van der Waals surface area (Å²) < 4.78 is 5.41. The number of rotatable bonds is 0. The van der Waals surface area contributed by atoms with E-state index in [1.807, 2.05) is 32.0 Å². The molecule has 1 saturated heterocycles. The number of hydrogen-bond acceptors (Lipinski definition) is 3. The van der Waals surface area contributed by atoms with Crippen molar-refractivity contribution in [2.24, 2.45) is 11.8 Å². The van der Waals surface area contributed by atoms with Gasteiger partial charge in [0.1, 0.15) is 6.10 Å². The first-order valence-electron chi connectivity index (χ1n) is 6.18. The van der Waals surface area contributed by atoms with Crippen LogP contribution in [0, 0.1) is 18.8 Å². The lowest BCUT2D eigenvalue weighted by molar-refractivity contribution is -0.165. The van der Waals surface area contributed by atoms with Crippen molar-refractivity contribution in [1.82, 2.24) is 0 Å². The van der Waals surface area contributed by atoms with E-state index in [2.05, 4.69) is 5.32 Å². The summed E-state index contributed by atoms with van der Waals surface area (Å²) in [6.07, 6.45) is -0.111. The highest BCUT2D eigenvalue weighted by Gasteiger charge is 2.45. The van der Waals surface area contributed by atoms with Crippen LogP contribution in [-0.4, -0.2) is 11.9 Å². The molecule has 18 heavy (non-hydrogen) atoms. The fourth-order valence-electron chi connectivity index (χ4n) is 2.91. The minimum Gasteiger partial charge on any atom is -0.457 e. The first-order chi connectivity index (χ1) is 8.58. The van der Waals surface area contributed by atoms with Crippen LogP contribution in [0.5, 0.6) is 0 Å². The number of esters is 1. The molecule has 0 radical (unpaired) electrons. The summed E-state index contributed by atoms with van der Waals surface area (Å²) in [5, 5.41) is 2.94. The Kier molecular flexibility index (Phi) is 2.40. The van der Waals surface area contributed by atoms with Crippen molar-refractivity contribution in [1.29, 1.82) is 0 Å². The van der Waals surface area contributed by atoms with Gasteiger partial charge >= 0.3 is 5.97 Å². The van der Waals surface area contributed by atoms with E-state index in [1.165, 1.54) is 0 Å². The highest BCUT2D eigenvalue weighted by molar-refractivity contribution is 5.98. The normalized spacial score (nSPS) is 30.0. The number of carbonyl (C=O) groups excluding carboxylic acids is 2. The summed E-state index contributed by atoms with van der Waals surface area (Å²) >= 11 is 0. The number of hydrogen-bond donors (Lipinski definition) is 1. The van der Waals surface area contributed by atoms with Gasteiger partial charge in [0, 0.05) is 12.0 Å². The van der Waals surface area contributed by atoms with Crippen molar-refractivity contribution in [3.63, 3.8) is 0 Å². The Labute approximate surface area is 105 Å². The van der Waals surface area contributed by atoms with E-state index in [0.29, 0.717) is 6.42 Å². The first-order valence-corrected chi connectivity index (χ1v) is 6.18. The molecule has 4 heteroatoms. The van der Waals surface area contributed by atoms with Crippen LogP contribution in [0.15, 0.2) is 18.2 Å². The molecule has 1 aromatic carbocycles. The number of para-hydroxylation sites is 1. The molecule has 0 unspecified atom stereocenters. The van der Waals surface area contributed by atoms with Gasteiger partial charge in [-0.05, 0) is 18.4 Å². The van der Waals surface area contributed by atoms with Gasteiger partial charge in [-0.1, -0.05) is 25.1 Å². The fourth-order valence-corrected chi connectivity index (χ4v) is 2.91. The Balaban J connectivity index is 2.12. The third-order valence-corrected chi connectivity index (χ3v) is 3.85. The lowest BCUT2D eigenvalue weighted by atomic mass is 9.78.